The van der Waals surface area contributed by atoms with E-state index in [1.807, 2.05) is 12.1 Å². The molecule has 1 atom stereocenters. The van der Waals surface area contributed by atoms with Gasteiger partial charge in [0.15, 0.2) is 0 Å². The summed E-state index contributed by atoms with van der Waals surface area (Å²) in [4.78, 5) is 28.6. The van der Waals surface area contributed by atoms with Crippen LogP contribution in [0, 0.1) is 12.8 Å². The number of benzene rings is 1. The predicted molar refractivity (Wildman–Crippen MR) is 102 cm³/mol. The molecule has 2 amide bonds. The van der Waals surface area contributed by atoms with Crippen molar-refractivity contribution in [1.82, 2.24) is 15.2 Å². The summed E-state index contributed by atoms with van der Waals surface area (Å²) in [5, 5.41) is 13.0. The van der Waals surface area contributed by atoms with Gasteiger partial charge in [0.2, 0.25) is 17.0 Å². The second kappa shape index (κ2) is 8.66. The van der Waals surface area contributed by atoms with Crippen LogP contribution in [0.5, 0.6) is 0 Å². The number of nitrogens with one attached hydrogen (secondary N) is 3. The molecule has 0 bridgehead atoms. The van der Waals surface area contributed by atoms with Crippen LogP contribution in [0.25, 0.3) is 0 Å². The van der Waals surface area contributed by atoms with Crippen molar-refractivity contribution in [1.29, 1.82) is 0 Å². The zero-order valence-corrected chi connectivity index (χ0v) is 15.3. The summed E-state index contributed by atoms with van der Waals surface area (Å²) < 4.78 is 0. The van der Waals surface area contributed by atoms with Gasteiger partial charge in [-0.1, -0.05) is 36.0 Å². The van der Waals surface area contributed by atoms with Gasteiger partial charge in [-0.25, -0.2) is 4.98 Å². The predicted octanol–water partition coefficient (Wildman–Crippen LogP) is 3.14. The molecule has 26 heavy (non-hydrogen) atoms. The number of aromatic nitrogens is 3. The molecule has 1 unspecified atom stereocenters. The van der Waals surface area contributed by atoms with Gasteiger partial charge in [0.05, 0.1) is 17.1 Å². The van der Waals surface area contributed by atoms with Crippen molar-refractivity contribution in [3.63, 3.8) is 0 Å². The third kappa shape index (κ3) is 5.19. The molecule has 1 aliphatic rings. The van der Waals surface area contributed by atoms with E-state index in [1.54, 1.807) is 19.1 Å². The van der Waals surface area contributed by atoms with Gasteiger partial charge in [0.25, 0.3) is 0 Å². The molecular weight excluding hydrogens is 350 g/mol. The number of hydrogen-bond acceptors (Lipinski definition) is 5. The van der Waals surface area contributed by atoms with Gasteiger partial charge in [-0.05, 0) is 37.8 Å². The maximum atomic E-state index is 12.2. The number of aromatic amines is 1. The number of hydrogen-bond donors (Lipinski definition) is 3. The van der Waals surface area contributed by atoms with Gasteiger partial charge in [0, 0.05) is 6.42 Å². The normalized spacial score (nSPS) is 15.8. The van der Waals surface area contributed by atoms with Crippen molar-refractivity contribution in [3.8, 4) is 0 Å². The highest BCUT2D eigenvalue weighted by atomic mass is 32.2. The summed E-state index contributed by atoms with van der Waals surface area (Å²) in [7, 11) is 0. The highest BCUT2D eigenvalue weighted by Gasteiger charge is 2.15. The Kier molecular flexibility index (Phi) is 6.06. The molecule has 8 heteroatoms. The lowest BCUT2D eigenvalue weighted by molar-refractivity contribution is -0.117. The molecule has 1 aromatic heterocycles. The van der Waals surface area contributed by atoms with Gasteiger partial charge >= 0.3 is 0 Å². The van der Waals surface area contributed by atoms with Crippen LogP contribution in [0.4, 0.5) is 11.4 Å². The maximum Gasteiger partial charge on any atom is 0.234 e. The Hall–Kier alpha value is -2.61. The van der Waals surface area contributed by atoms with Gasteiger partial charge in [-0.2, -0.15) is 0 Å². The van der Waals surface area contributed by atoms with E-state index in [0.29, 0.717) is 34.7 Å². The highest BCUT2D eigenvalue weighted by molar-refractivity contribution is 7.99. The summed E-state index contributed by atoms with van der Waals surface area (Å²) in [5.41, 5.74) is 1.19. The molecule has 0 spiro atoms. The van der Waals surface area contributed by atoms with E-state index in [1.165, 1.54) is 11.8 Å². The molecule has 2 aromatic rings. The van der Waals surface area contributed by atoms with Crippen LogP contribution < -0.4 is 10.6 Å². The van der Waals surface area contributed by atoms with Crippen LogP contribution in [0.2, 0.25) is 0 Å². The van der Waals surface area contributed by atoms with Crippen molar-refractivity contribution in [2.45, 2.75) is 31.3 Å². The van der Waals surface area contributed by atoms with E-state index in [2.05, 4.69) is 38.0 Å². The van der Waals surface area contributed by atoms with Gasteiger partial charge in [0.1, 0.15) is 5.82 Å². The number of carbonyl (C=O) groups is 2. The smallest absolute Gasteiger partial charge is 0.234 e. The Morgan fingerprint density at radius 2 is 1.96 bits per heavy atom. The fourth-order valence-corrected chi connectivity index (χ4v) is 3.35. The lowest BCUT2D eigenvalue weighted by atomic mass is 10.0. The molecule has 0 saturated heterocycles. The molecule has 0 radical (unpaired) electrons. The number of para-hydroxylation sites is 2. The first-order valence-electron chi connectivity index (χ1n) is 8.47. The molecule has 1 heterocycles. The third-order valence-corrected chi connectivity index (χ3v) is 4.79. The first-order valence-corrected chi connectivity index (χ1v) is 9.46. The summed E-state index contributed by atoms with van der Waals surface area (Å²) >= 11 is 1.25. The Labute approximate surface area is 156 Å². The van der Waals surface area contributed by atoms with E-state index in [9.17, 15) is 9.59 Å². The lowest BCUT2D eigenvalue weighted by Gasteiger charge is -2.13. The second-order valence-corrected chi connectivity index (χ2v) is 7.05. The summed E-state index contributed by atoms with van der Waals surface area (Å²) in [6.07, 6.45) is 6.71. The molecule has 0 aliphatic heterocycles. The van der Waals surface area contributed by atoms with Crippen LogP contribution in [0.15, 0.2) is 41.6 Å². The molecular formula is C18H21N5O2S. The fraction of sp³-hybridized carbons (Fsp3) is 0.333. The minimum atomic E-state index is -0.183. The lowest BCUT2D eigenvalue weighted by Crippen LogP contribution is -2.19. The Morgan fingerprint density at radius 3 is 2.58 bits per heavy atom. The van der Waals surface area contributed by atoms with E-state index in [-0.39, 0.29) is 17.6 Å². The SMILES string of the molecule is Cc1nc(SCC(=O)Nc2ccccc2NC(=O)CC2C=CCC2)n[nH]1. The van der Waals surface area contributed by atoms with Crippen molar-refractivity contribution in [2.24, 2.45) is 5.92 Å². The maximum absolute atomic E-state index is 12.2. The van der Waals surface area contributed by atoms with Crippen molar-refractivity contribution in [3.05, 3.63) is 42.2 Å². The molecule has 136 valence electrons. The Morgan fingerprint density at radius 1 is 1.23 bits per heavy atom. The van der Waals surface area contributed by atoms with Crippen LogP contribution >= 0.6 is 11.8 Å². The van der Waals surface area contributed by atoms with Crippen LogP contribution in [-0.2, 0) is 9.59 Å². The van der Waals surface area contributed by atoms with E-state index < -0.39 is 0 Å². The van der Waals surface area contributed by atoms with Crippen LogP contribution in [0.1, 0.15) is 25.1 Å². The number of anilines is 2. The largest absolute Gasteiger partial charge is 0.324 e. The minimum absolute atomic E-state index is 0.0474. The average Bonchev–Trinajstić information content (AvgIpc) is 3.26. The first kappa shape index (κ1) is 18.2. The molecule has 7 nitrogen and oxygen atoms in total. The van der Waals surface area contributed by atoms with Crippen LogP contribution in [0.3, 0.4) is 0 Å². The van der Waals surface area contributed by atoms with Crippen LogP contribution in [-0.4, -0.2) is 32.7 Å². The minimum Gasteiger partial charge on any atom is -0.324 e. The summed E-state index contributed by atoms with van der Waals surface area (Å²) in [5.74, 6) is 0.967. The monoisotopic (exact) mass is 371 g/mol. The van der Waals surface area contributed by atoms with Gasteiger partial charge in [-0.3, -0.25) is 14.7 Å². The number of thioether (sulfide) groups is 1. The van der Waals surface area contributed by atoms with Crippen molar-refractivity contribution < 1.29 is 9.59 Å². The third-order valence-electron chi connectivity index (χ3n) is 3.94. The number of allylic oxidation sites excluding steroid dienone is 2. The van der Waals surface area contributed by atoms with E-state index in [0.717, 1.165) is 12.8 Å². The highest BCUT2D eigenvalue weighted by Crippen LogP contribution is 2.24. The molecule has 0 fully saturated rings. The molecule has 1 aromatic carbocycles. The van der Waals surface area contributed by atoms with E-state index >= 15 is 0 Å². The number of H-pyrrole nitrogens is 1. The second-order valence-electron chi connectivity index (χ2n) is 6.10. The summed E-state index contributed by atoms with van der Waals surface area (Å²) in [6.45, 7) is 1.80. The van der Waals surface area contributed by atoms with E-state index in [4.69, 9.17) is 0 Å². The first-order chi connectivity index (χ1) is 12.6. The topological polar surface area (TPSA) is 99.8 Å². The zero-order valence-electron chi connectivity index (χ0n) is 14.5. The molecule has 1 aliphatic carbocycles. The quantitative estimate of drug-likeness (QED) is 0.513. The Balaban J connectivity index is 1.54. The fourth-order valence-electron chi connectivity index (χ4n) is 2.71. The number of amides is 2. The standard InChI is InChI=1S/C18H21N5O2S/c1-12-19-18(23-22-12)26-11-17(25)21-15-9-5-4-8-14(15)20-16(24)10-13-6-2-3-7-13/h2,4-6,8-9,13H,3,7,10-11H2,1H3,(H,20,24)(H,21,25)(H,19,22,23). The van der Waals surface area contributed by atoms with Crippen molar-refractivity contribution >= 4 is 35.0 Å². The molecule has 0 saturated carbocycles. The van der Waals surface area contributed by atoms with Gasteiger partial charge < -0.3 is 10.6 Å². The number of rotatable bonds is 7. The molecule has 3 rings (SSSR count). The van der Waals surface area contributed by atoms with Crippen molar-refractivity contribution in [2.75, 3.05) is 16.4 Å². The average molecular weight is 371 g/mol. The molecule has 3 N–H and O–H groups in total. The Bertz CT molecular complexity index is 817. The number of aryl methyl sites for hydroxylation is 1. The summed E-state index contributed by atoms with van der Waals surface area (Å²) in [6, 6.07) is 7.19. The number of carbonyl (C=O) groups excluding carboxylic acids is 2. The zero-order chi connectivity index (χ0) is 18.4. The number of nitrogens with zero attached hydrogens (tertiary/aromatic N) is 2. The van der Waals surface area contributed by atoms with Gasteiger partial charge in [-0.15, -0.1) is 5.10 Å².